The minimum atomic E-state index is -0.998. The SMILES string of the molecule is C=COCCOC(=O)/C=C\C(=O)NC(N)=O. The van der Waals surface area contributed by atoms with Crippen molar-refractivity contribution in [3.05, 3.63) is 25.0 Å². The Kier molecular flexibility index (Phi) is 6.88. The van der Waals surface area contributed by atoms with E-state index >= 15 is 0 Å². The zero-order chi connectivity index (χ0) is 12.4. The summed E-state index contributed by atoms with van der Waals surface area (Å²) in [5, 5.41) is 1.74. The van der Waals surface area contributed by atoms with Gasteiger partial charge in [0.15, 0.2) is 0 Å². The van der Waals surface area contributed by atoms with Gasteiger partial charge < -0.3 is 15.2 Å². The summed E-state index contributed by atoms with van der Waals surface area (Å²) >= 11 is 0. The molecule has 0 aromatic carbocycles. The number of ether oxygens (including phenoxy) is 2. The molecule has 0 rings (SSSR count). The molecule has 88 valence electrons. The van der Waals surface area contributed by atoms with Crippen molar-refractivity contribution in [3.63, 3.8) is 0 Å². The number of rotatable bonds is 6. The largest absolute Gasteiger partial charge is 0.498 e. The molecule has 0 bridgehead atoms. The van der Waals surface area contributed by atoms with Crippen LogP contribution in [0.25, 0.3) is 0 Å². The highest BCUT2D eigenvalue weighted by atomic mass is 16.6. The standard InChI is InChI=1S/C9H12N2O5/c1-2-15-5-6-16-8(13)4-3-7(12)11-9(10)14/h2-4H,1,5-6H2,(H3,10,11,12,14)/b4-3-. The Hall–Kier alpha value is -2.31. The van der Waals surface area contributed by atoms with Crippen LogP contribution in [0.3, 0.4) is 0 Å². The van der Waals surface area contributed by atoms with Gasteiger partial charge >= 0.3 is 12.0 Å². The number of carbonyl (C=O) groups is 3. The molecule has 0 saturated carbocycles. The topological polar surface area (TPSA) is 108 Å². The molecule has 0 aromatic heterocycles. The second-order valence-electron chi connectivity index (χ2n) is 2.39. The van der Waals surface area contributed by atoms with Crippen LogP contribution < -0.4 is 11.1 Å². The molecular weight excluding hydrogens is 216 g/mol. The number of hydrogen-bond donors (Lipinski definition) is 2. The molecule has 3 N–H and O–H groups in total. The second kappa shape index (κ2) is 8.04. The molecular formula is C9H12N2O5. The molecule has 0 radical (unpaired) electrons. The van der Waals surface area contributed by atoms with E-state index in [1.807, 2.05) is 0 Å². The molecule has 0 heterocycles. The maximum atomic E-state index is 10.9. The van der Waals surface area contributed by atoms with E-state index in [4.69, 9.17) is 0 Å². The maximum absolute atomic E-state index is 10.9. The Morgan fingerprint density at radius 3 is 2.50 bits per heavy atom. The fourth-order valence-electron chi connectivity index (χ4n) is 0.629. The average Bonchev–Trinajstić information content (AvgIpc) is 2.20. The molecule has 7 nitrogen and oxygen atoms in total. The van der Waals surface area contributed by atoms with E-state index in [1.165, 1.54) is 6.26 Å². The Bertz CT molecular complexity index is 311. The van der Waals surface area contributed by atoms with E-state index in [2.05, 4.69) is 21.8 Å². The predicted molar refractivity (Wildman–Crippen MR) is 54.0 cm³/mol. The fraction of sp³-hybridized carbons (Fsp3) is 0.222. The monoisotopic (exact) mass is 228 g/mol. The minimum Gasteiger partial charge on any atom is -0.498 e. The van der Waals surface area contributed by atoms with Crippen LogP contribution in [-0.2, 0) is 19.1 Å². The van der Waals surface area contributed by atoms with Gasteiger partial charge in [0.2, 0.25) is 0 Å². The van der Waals surface area contributed by atoms with Crippen LogP contribution in [0.1, 0.15) is 0 Å². The molecule has 7 heteroatoms. The lowest BCUT2D eigenvalue weighted by Crippen LogP contribution is -2.33. The highest BCUT2D eigenvalue weighted by Crippen LogP contribution is 1.84. The van der Waals surface area contributed by atoms with Gasteiger partial charge in [-0.2, -0.15) is 0 Å². The van der Waals surface area contributed by atoms with Gasteiger partial charge in [-0.3, -0.25) is 10.1 Å². The van der Waals surface area contributed by atoms with Crippen molar-refractivity contribution < 1.29 is 23.9 Å². The number of urea groups is 1. The second-order valence-corrected chi connectivity index (χ2v) is 2.39. The van der Waals surface area contributed by atoms with E-state index in [0.717, 1.165) is 12.2 Å². The summed E-state index contributed by atoms with van der Waals surface area (Å²) in [7, 11) is 0. The van der Waals surface area contributed by atoms with Gasteiger partial charge in [0.05, 0.1) is 6.26 Å². The van der Waals surface area contributed by atoms with E-state index in [0.29, 0.717) is 0 Å². The number of esters is 1. The normalized spacial score (nSPS) is 9.50. The highest BCUT2D eigenvalue weighted by Gasteiger charge is 2.01. The smallest absolute Gasteiger partial charge is 0.331 e. The number of nitrogens with one attached hydrogen (secondary N) is 1. The van der Waals surface area contributed by atoms with Crippen molar-refractivity contribution in [2.75, 3.05) is 13.2 Å². The van der Waals surface area contributed by atoms with Crippen LogP contribution in [-0.4, -0.2) is 31.1 Å². The number of nitrogens with two attached hydrogens (primary N) is 1. The molecule has 0 atom stereocenters. The number of imide groups is 1. The maximum Gasteiger partial charge on any atom is 0.331 e. The molecule has 3 amide bonds. The van der Waals surface area contributed by atoms with Gasteiger partial charge in [-0.05, 0) is 0 Å². The zero-order valence-corrected chi connectivity index (χ0v) is 8.47. The van der Waals surface area contributed by atoms with Crippen LogP contribution >= 0.6 is 0 Å². The van der Waals surface area contributed by atoms with Crippen molar-refractivity contribution in [2.24, 2.45) is 5.73 Å². The van der Waals surface area contributed by atoms with E-state index in [1.54, 1.807) is 5.32 Å². The summed E-state index contributed by atoms with van der Waals surface area (Å²) in [5.41, 5.74) is 4.67. The minimum absolute atomic E-state index is 0.0344. The van der Waals surface area contributed by atoms with Gasteiger partial charge in [-0.15, -0.1) is 0 Å². The van der Waals surface area contributed by atoms with Crippen molar-refractivity contribution in [2.45, 2.75) is 0 Å². The zero-order valence-electron chi connectivity index (χ0n) is 8.47. The molecule has 0 spiro atoms. The molecule has 0 aliphatic rings. The van der Waals surface area contributed by atoms with Crippen molar-refractivity contribution in [1.82, 2.24) is 5.32 Å². The summed E-state index contributed by atoms with van der Waals surface area (Å²) in [4.78, 5) is 31.9. The van der Waals surface area contributed by atoms with Crippen LogP contribution in [0.2, 0.25) is 0 Å². The van der Waals surface area contributed by atoms with Crippen molar-refractivity contribution in [3.8, 4) is 0 Å². The van der Waals surface area contributed by atoms with Crippen LogP contribution in [0.5, 0.6) is 0 Å². The lowest BCUT2D eigenvalue weighted by molar-refractivity contribution is -0.139. The first-order valence-corrected chi connectivity index (χ1v) is 4.24. The Balaban J connectivity index is 3.77. The predicted octanol–water partition coefficient (Wildman–Crippen LogP) is -0.559. The number of primary amides is 1. The van der Waals surface area contributed by atoms with Crippen molar-refractivity contribution >= 4 is 17.9 Å². The quantitative estimate of drug-likeness (QED) is 0.274. The van der Waals surface area contributed by atoms with Crippen LogP contribution in [0.15, 0.2) is 25.0 Å². The summed E-state index contributed by atoms with van der Waals surface area (Å²) in [6.07, 6.45) is 2.91. The third-order valence-corrected chi connectivity index (χ3v) is 1.18. The van der Waals surface area contributed by atoms with E-state index in [-0.39, 0.29) is 13.2 Å². The molecule has 0 aromatic rings. The van der Waals surface area contributed by atoms with Crippen molar-refractivity contribution in [1.29, 1.82) is 0 Å². The van der Waals surface area contributed by atoms with Crippen LogP contribution in [0, 0.1) is 0 Å². The lowest BCUT2D eigenvalue weighted by Gasteiger charge is -2.00. The first-order valence-electron chi connectivity index (χ1n) is 4.24. The summed E-state index contributed by atoms with van der Waals surface area (Å²) in [5.74, 6) is -1.53. The van der Waals surface area contributed by atoms with Gasteiger partial charge in [0, 0.05) is 12.2 Å². The molecule has 0 saturated heterocycles. The van der Waals surface area contributed by atoms with Crippen LogP contribution in [0.4, 0.5) is 4.79 Å². The Morgan fingerprint density at radius 1 is 1.25 bits per heavy atom. The van der Waals surface area contributed by atoms with Gasteiger partial charge in [0.1, 0.15) is 13.2 Å². The number of amides is 3. The first-order chi connectivity index (χ1) is 7.56. The Morgan fingerprint density at radius 2 is 1.94 bits per heavy atom. The van der Waals surface area contributed by atoms with Gasteiger partial charge in [-0.1, -0.05) is 6.58 Å². The molecule has 0 aliphatic heterocycles. The average molecular weight is 228 g/mol. The first kappa shape index (κ1) is 13.7. The number of carbonyl (C=O) groups excluding carboxylic acids is 3. The highest BCUT2D eigenvalue weighted by molar-refractivity contribution is 6.02. The van der Waals surface area contributed by atoms with Gasteiger partial charge in [0.25, 0.3) is 5.91 Å². The third kappa shape index (κ3) is 8.30. The summed E-state index contributed by atoms with van der Waals surface area (Å²) in [6, 6.07) is -0.998. The Labute approximate surface area is 91.9 Å². The molecule has 16 heavy (non-hydrogen) atoms. The molecule has 0 fully saturated rings. The van der Waals surface area contributed by atoms with E-state index < -0.39 is 17.9 Å². The number of hydrogen-bond acceptors (Lipinski definition) is 5. The molecule has 0 unspecified atom stereocenters. The van der Waals surface area contributed by atoms with E-state index in [9.17, 15) is 14.4 Å². The fourth-order valence-corrected chi connectivity index (χ4v) is 0.629. The van der Waals surface area contributed by atoms with Gasteiger partial charge in [-0.25, -0.2) is 9.59 Å². The molecule has 0 aliphatic carbocycles. The lowest BCUT2D eigenvalue weighted by atomic mass is 10.4. The summed E-state index contributed by atoms with van der Waals surface area (Å²) in [6.45, 7) is 3.50. The summed E-state index contributed by atoms with van der Waals surface area (Å²) < 4.78 is 9.29. The third-order valence-electron chi connectivity index (χ3n) is 1.18.